The molecule has 0 aromatic heterocycles. The first-order chi connectivity index (χ1) is 8.38. The van der Waals surface area contributed by atoms with Gasteiger partial charge in [-0.3, -0.25) is 0 Å². The molecule has 0 unspecified atom stereocenters. The first-order valence-corrected chi connectivity index (χ1v) is 7.15. The van der Waals surface area contributed by atoms with E-state index in [4.69, 9.17) is 0 Å². The summed E-state index contributed by atoms with van der Waals surface area (Å²) in [5, 5.41) is 0. The summed E-state index contributed by atoms with van der Waals surface area (Å²) in [5.41, 5.74) is 5.98. The van der Waals surface area contributed by atoms with Gasteiger partial charge < -0.3 is 0 Å². The first kappa shape index (κ1) is 15.0. The number of rotatable bonds is 5. The molecule has 0 spiro atoms. The van der Waals surface area contributed by atoms with Crippen molar-refractivity contribution in [3.8, 4) is 0 Å². The van der Waals surface area contributed by atoms with Gasteiger partial charge in [0.15, 0.2) is 0 Å². The maximum atomic E-state index is 3.91. The van der Waals surface area contributed by atoms with Crippen LogP contribution in [-0.2, 0) is 6.42 Å². The van der Waals surface area contributed by atoms with Crippen LogP contribution in [0.15, 0.2) is 24.8 Å². The Bertz CT molecular complexity index is 379. The van der Waals surface area contributed by atoms with Crippen molar-refractivity contribution in [1.29, 1.82) is 0 Å². The Balaban J connectivity index is 3.49. The van der Waals surface area contributed by atoms with Gasteiger partial charge in [0.05, 0.1) is 0 Å². The quantitative estimate of drug-likeness (QED) is 0.575. The molecular weight excluding hydrogens is 216 g/mol. The predicted octanol–water partition coefficient (Wildman–Crippen LogP) is 5.79. The SMILES string of the molecule is C=CCc1c(C(C)C)cc(C(C)C)cc1C(C)C. The van der Waals surface area contributed by atoms with Crippen molar-refractivity contribution in [3.05, 3.63) is 47.0 Å². The smallest absolute Gasteiger partial charge is 0.00945 e. The van der Waals surface area contributed by atoms with Crippen molar-refractivity contribution >= 4 is 0 Å². The second-order valence-corrected chi connectivity index (χ2v) is 6.13. The first-order valence-electron chi connectivity index (χ1n) is 7.15. The monoisotopic (exact) mass is 244 g/mol. The Kier molecular flexibility index (Phi) is 5.19. The van der Waals surface area contributed by atoms with Crippen molar-refractivity contribution in [2.45, 2.75) is 65.7 Å². The minimum atomic E-state index is 0.580. The minimum absolute atomic E-state index is 0.580. The molecule has 0 aliphatic heterocycles. The van der Waals surface area contributed by atoms with Crippen LogP contribution >= 0.6 is 0 Å². The molecular formula is C18H28. The van der Waals surface area contributed by atoms with E-state index in [0.717, 1.165) is 6.42 Å². The van der Waals surface area contributed by atoms with E-state index in [0.29, 0.717) is 17.8 Å². The molecule has 0 atom stereocenters. The van der Waals surface area contributed by atoms with E-state index >= 15 is 0 Å². The third kappa shape index (κ3) is 3.25. The predicted molar refractivity (Wildman–Crippen MR) is 82.6 cm³/mol. The molecule has 0 fully saturated rings. The summed E-state index contributed by atoms with van der Waals surface area (Å²) in [6, 6.07) is 4.81. The lowest BCUT2D eigenvalue weighted by molar-refractivity contribution is 0.785. The van der Waals surface area contributed by atoms with Crippen LogP contribution < -0.4 is 0 Å². The molecule has 0 aliphatic rings. The molecule has 18 heavy (non-hydrogen) atoms. The average Bonchev–Trinajstić information content (AvgIpc) is 2.28. The van der Waals surface area contributed by atoms with E-state index in [1.54, 1.807) is 0 Å². The Morgan fingerprint density at radius 2 is 1.33 bits per heavy atom. The van der Waals surface area contributed by atoms with Crippen LogP contribution in [0.5, 0.6) is 0 Å². The Labute approximate surface area is 113 Å². The van der Waals surface area contributed by atoms with Gasteiger partial charge in [-0.2, -0.15) is 0 Å². The third-order valence-corrected chi connectivity index (χ3v) is 3.60. The number of benzene rings is 1. The van der Waals surface area contributed by atoms with E-state index in [-0.39, 0.29) is 0 Å². The van der Waals surface area contributed by atoms with Gasteiger partial charge in [-0.1, -0.05) is 59.8 Å². The summed E-state index contributed by atoms with van der Waals surface area (Å²) in [6.45, 7) is 17.6. The summed E-state index contributed by atoms with van der Waals surface area (Å²) in [6.07, 6.45) is 3.02. The normalized spacial score (nSPS) is 11.6. The van der Waals surface area contributed by atoms with Gasteiger partial charge in [0, 0.05) is 0 Å². The lowest BCUT2D eigenvalue weighted by Gasteiger charge is -2.22. The van der Waals surface area contributed by atoms with Crippen LogP contribution in [-0.4, -0.2) is 0 Å². The molecule has 0 radical (unpaired) electrons. The molecule has 0 N–H and O–H groups in total. The van der Waals surface area contributed by atoms with Gasteiger partial charge in [0.25, 0.3) is 0 Å². The summed E-state index contributed by atoms with van der Waals surface area (Å²) >= 11 is 0. The zero-order valence-electron chi connectivity index (χ0n) is 12.9. The van der Waals surface area contributed by atoms with E-state index < -0.39 is 0 Å². The molecule has 0 bridgehead atoms. The lowest BCUT2D eigenvalue weighted by atomic mass is 9.83. The molecule has 0 nitrogen and oxygen atoms in total. The van der Waals surface area contributed by atoms with Gasteiger partial charge in [-0.05, 0) is 46.4 Å². The summed E-state index contributed by atoms with van der Waals surface area (Å²) < 4.78 is 0. The topological polar surface area (TPSA) is 0 Å². The summed E-state index contributed by atoms with van der Waals surface area (Å²) in [4.78, 5) is 0. The van der Waals surface area contributed by atoms with Gasteiger partial charge in [0.2, 0.25) is 0 Å². The molecule has 0 saturated heterocycles. The average molecular weight is 244 g/mol. The van der Waals surface area contributed by atoms with Gasteiger partial charge in [-0.25, -0.2) is 0 Å². The Morgan fingerprint density at radius 1 is 0.889 bits per heavy atom. The highest BCUT2D eigenvalue weighted by atomic mass is 14.2. The Morgan fingerprint density at radius 3 is 1.61 bits per heavy atom. The molecule has 0 aliphatic carbocycles. The van der Waals surface area contributed by atoms with Gasteiger partial charge >= 0.3 is 0 Å². The van der Waals surface area contributed by atoms with Crippen molar-refractivity contribution in [2.24, 2.45) is 0 Å². The van der Waals surface area contributed by atoms with Crippen LogP contribution in [0, 0.1) is 0 Å². The maximum Gasteiger partial charge on any atom is -0.00945 e. The fourth-order valence-corrected chi connectivity index (χ4v) is 2.49. The van der Waals surface area contributed by atoms with E-state index in [2.05, 4.69) is 60.3 Å². The minimum Gasteiger partial charge on any atom is -0.103 e. The van der Waals surface area contributed by atoms with Crippen LogP contribution in [0.1, 0.15) is 81.5 Å². The van der Waals surface area contributed by atoms with Gasteiger partial charge in [0.1, 0.15) is 0 Å². The van der Waals surface area contributed by atoms with Crippen LogP contribution in [0.25, 0.3) is 0 Å². The molecule has 0 heteroatoms. The Hall–Kier alpha value is -1.04. The number of hydrogen-bond acceptors (Lipinski definition) is 0. The third-order valence-electron chi connectivity index (χ3n) is 3.60. The number of hydrogen-bond donors (Lipinski definition) is 0. The molecule has 0 saturated carbocycles. The highest BCUT2D eigenvalue weighted by Gasteiger charge is 2.15. The molecule has 1 aromatic carbocycles. The molecule has 0 heterocycles. The molecule has 1 aromatic rings. The van der Waals surface area contributed by atoms with Crippen molar-refractivity contribution in [1.82, 2.24) is 0 Å². The molecule has 0 amide bonds. The fraction of sp³-hybridized carbons (Fsp3) is 0.556. The molecule has 100 valence electrons. The fourth-order valence-electron chi connectivity index (χ4n) is 2.49. The maximum absolute atomic E-state index is 3.91. The van der Waals surface area contributed by atoms with Crippen molar-refractivity contribution < 1.29 is 0 Å². The van der Waals surface area contributed by atoms with E-state index in [9.17, 15) is 0 Å². The number of allylic oxidation sites excluding steroid dienone is 1. The van der Waals surface area contributed by atoms with E-state index in [1.165, 1.54) is 22.3 Å². The standard InChI is InChI=1S/C18H28/c1-8-9-16-17(13(4)5)10-15(12(2)3)11-18(16)14(6)7/h8,10-14H,1,9H2,2-7H3. The summed E-state index contributed by atoms with van der Waals surface area (Å²) in [5.74, 6) is 1.75. The summed E-state index contributed by atoms with van der Waals surface area (Å²) in [7, 11) is 0. The van der Waals surface area contributed by atoms with Gasteiger partial charge in [-0.15, -0.1) is 6.58 Å². The second kappa shape index (κ2) is 6.22. The zero-order chi connectivity index (χ0) is 13.9. The second-order valence-electron chi connectivity index (χ2n) is 6.13. The van der Waals surface area contributed by atoms with Crippen LogP contribution in [0.3, 0.4) is 0 Å². The lowest BCUT2D eigenvalue weighted by Crippen LogP contribution is -2.05. The zero-order valence-corrected chi connectivity index (χ0v) is 12.9. The van der Waals surface area contributed by atoms with Crippen LogP contribution in [0.2, 0.25) is 0 Å². The van der Waals surface area contributed by atoms with Crippen molar-refractivity contribution in [2.75, 3.05) is 0 Å². The van der Waals surface area contributed by atoms with E-state index in [1.807, 2.05) is 6.08 Å². The highest BCUT2D eigenvalue weighted by molar-refractivity contribution is 5.44. The highest BCUT2D eigenvalue weighted by Crippen LogP contribution is 2.32. The molecule has 1 rings (SSSR count). The largest absolute Gasteiger partial charge is 0.103 e. The van der Waals surface area contributed by atoms with Crippen molar-refractivity contribution in [3.63, 3.8) is 0 Å². The van der Waals surface area contributed by atoms with Crippen LogP contribution in [0.4, 0.5) is 0 Å².